The predicted octanol–water partition coefficient (Wildman–Crippen LogP) is 2.23. The molecule has 0 spiro atoms. The van der Waals surface area contributed by atoms with Crippen molar-refractivity contribution in [2.75, 3.05) is 38.0 Å². The summed E-state index contributed by atoms with van der Waals surface area (Å²) in [4.78, 5) is 20.6. The van der Waals surface area contributed by atoms with Crippen LogP contribution in [0.15, 0.2) is 22.7 Å². The highest BCUT2D eigenvalue weighted by Gasteiger charge is 2.21. The number of carbonyl (C=O) groups excluding carboxylic acids is 1. The Balaban J connectivity index is 1.44. The van der Waals surface area contributed by atoms with Gasteiger partial charge in [-0.1, -0.05) is 19.0 Å². The van der Waals surface area contributed by atoms with Gasteiger partial charge >= 0.3 is 0 Å². The van der Waals surface area contributed by atoms with Crippen LogP contribution in [0.5, 0.6) is 0 Å². The third-order valence-corrected chi connectivity index (χ3v) is 4.39. The molecule has 1 aromatic carbocycles. The molecule has 0 radical (unpaired) electrons. The quantitative estimate of drug-likeness (QED) is 0.830. The molecule has 3 rings (SSSR count). The number of amides is 1. The van der Waals surface area contributed by atoms with E-state index in [0.29, 0.717) is 31.3 Å². The number of anilines is 1. The van der Waals surface area contributed by atoms with Crippen LogP contribution in [0.25, 0.3) is 0 Å². The van der Waals surface area contributed by atoms with Gasteiger partial charge in [-0.05, 0) is 12.1 Å². The molecule has 9 heteroatoms. The number of nitrogens with one attached hydrogen (secondary N) is 1. The van der Waals surface area contributed by atoms with E-state index in [1.165, 1.54) is 0 Å². The lowest BCUT2D eigenvalue weighted by Gasteiger charge is -2.33. The third-order valence-electron chi connectivity index (χ3n) is 4.39. The number of rotatable bonds is 6. The van der Waals surface area contributed by atoms with Crippen molar-refractivity contribution >= 4 is 11.6 Å². The van der Waals surface area contributed by atoms with E-state index in [1.54, 1.807) is 0 Å². The van der Waals surface area contributed by atoms with Gasteiger partial charge < -0.3 is 9.84 Å². The fourth-order valence-electron chi connectivity index (χ4n) is 2.85. The van der Waals surface area contributed by atoms with Gasteiger partial charge in [-0.2, -0.15) is 4.98 Å². The van der Waals surface area contributed by atoms with E-state index in [-0.39, 0.29) is 24.1 Å². The van der Waals surface area contributed by atoms with Gasteiger partial charge in [0, 0.05) is 38.2 Å². The molecular formula is C18H23F2N5O2. The summed E-state index contributed by atoms with van der Waals surface area (Å²) in [6.45, 7) is 7.59. The van der Waals surface area contributed by atoms with Crippen LogP contribution < -0.4 is 5.32 Å². The van der Waals surface area contributed by atoms with Crippen molar-refractivity contribution < 1.29 is 18.1 Å². The summed E-state index contributed by atoms with van der Waals surface area (Å²) >= 11 is 0. The van der Waals surface area contributed by atoms with Crippen molar-refractivity contribution in [1.82, 2.24) is 19.9 Å². The van der Waals surface area contributed by atoms with Crippen LogP contribution in [-0.2, 0) is 11.3 Å². The summed E-state index contributed by atoms with van der Waals surface area (Å²) in [5.74, 6) is -0.111. The second kappa shape index (κ2) is 8.53. The Kier molecular flexibility index (Phi) is 6.12. The van der Waals surface area contributed by atoms with Gasteiger partial charge in [0.15, 0.2) is 5.82 Å². The molecule has 0 unspecified atom stereocenters. The SMILES string of the molecule is CC(C)c1noc(CN2CCN(CC(=O)Nc3cc(F)ccc3F)CC2)n1. The van der Waals surface area contributed by atoms with Crippen LogP contribution in [0, 0.1) is 11.6 Å². The van der Waals surface area contributed by atoms with Gasteiger partial charge in [-0.15, -0.1) is 0 Å². The molecule has 2 heterocycles. The molecule has 1 fully saturated rings. The third kappa shape index (κ3) is 5.30. The predicted molar refractivity (Wildman–Crippen MR) is 95.1 cm³/mol. The largest absolute Gasteiger partial charge is 0.338 e. The lowest BCUT2D eigenvalue weighted by molar-refractivity contribution is -0.117. The highest BCUT2D eigenvalue weighted by atomic mass is 19.1. The normalized spacial score (nSPS) is 16.0. The fraction of sp³-hybridized carbons (Fsp3) is 0.500. The zero-order chi connectivity index (χ0) is 19.4. The summed E-state index contributed by atoms with van der Waals surface area (Å²) in [5, 5.41) is 6.38. The van der Waals surface area contributed by atoms with Gasteiger partial charge in [-0.25, -0.2) is 8.78 Å². The Hall–Kier alpha value is -2.39. The van der Waals surface area contributed by atoms with E-state index >= 15 is 0 Å². The molecule has 1 saturated heterocycles. The smallest absolute Gasteiger partial charge is 0.240 e. The first-order valence-corrected chi connectivity index (χ1v) is 8.93. The number of hydrogen-bond acceptors (Lipinski definition) is 6. The van der Waals surface area contributed by atoms with Gasteiger partial charge in [0.05, 0.1) is 18.8 Å². The fourth-order valence-corrected chi connectivity index (χ4v) is 2.85. The Morgan fingerprint density at radius 2 is 1.93 bits per heavy atom. The summed E-state index contributed by atoms with van der Waals surface area (Å²) < 4.78 is 32.0. The maximum absolute atomic E-state index is 13.6. The topological polar surface area (TPSA) is 74.5 Å². The summed E-state index contributed by atoms with van der Waals surface area (Å²) in [6, 6.07) is 2.98. The molecule has 1 aliphatic heterocycles. The van der Waals surface area contributed by atoms with Crippen LogP contribution in [0.3, 0.4) is 0 Å². The second-order valence-corrected chi connectivity index (χ2v) is 6.93. The van der Waals surface area contributed by atoms with E-state index in [0.717, 1.165) is 31.3 Å². The molecule has 2 aromatic rings. The maximum Gasteiger partial charge on any atom is 0.240 e. The zero-order valence-corrected chi connectivity index (χ0v) is 15.4. The Morgan fingerprint density at radius 1 is 1.22 bits per heavy atom. The molecule has 146 valence electrons. The molecule has 1 N–H and O–H groups in total. The summed E-state index contributed by atoms with van der Waals surface area (Å²) in [5.41, 5.74) is -0.143. The van der Waals surface area contributed by atoms with Gasteiger partial charge in [0.1, 0.15) is 11.6 Å². The van der Waals surface area contributed by atoms with Crippen LogP contribution in [0.1, 0.15) is 31.5 Å². The Bertz CT molecular complexity index is 788. The molecule has 0 bridgehead atoms. The lowest BCUT2D eigenvalue weighted by atomic mass is 10.2. The number of halogens is 2. The van der Waals surface area contributed by atoms with Gasteiger partial charge in [-0.3, -0.25) is 14.6 Å². The van der Waals surface area contributed by atoms with Crippen molar-refractivity contribution in [3.05, 3.63) is 41.5 Å². The Labute approximate surface area is 156 Å². The summed E-state index contributed by atoms with van der Waals surface area (Å²) in [7, 11) is 0. The number of aromatic nitrogens is 2. The molecule has 1 aliphatic rings. The molecule has 1 aromatic heterocycles. The number of benzene rings is 1. The first kappa shape index (κ1) is 19.4. The minimum absolute atomic E-state index is 0.127. The van der Waals surface area contributed by atoms with Crippen molar-refractivity contribution in [2.45, 2.75) is 26.3 Å². The number of hydrogen-bond donors (Lipinski definition) is 1. The molecule has 7 nitrogen and oxygen atoms in total. The first-order valence-electron chi connectivity index (χ1n) is 8.93. The van der Waals surface area contributed by atoms with Crippen LogP contribution in [0.4, 0.5) is 14.5 Å². The van der Waals surface area contributed by atoms with Crippen molar-refractivity contribution in [2.24, 2.45) is 0 Å². The molecular weight excluding hydrogens is 356 g/mol. The van der Waals surface area contributed by atoms with Crippen molar-refractivity contribution in [1.29, 1.82) is 0 Å². The van der Waals surface area contributed by atoms with Crippen LogP contribution in [-0.4, -0.2) is 58.6 Å². The van der Waals surface area contributed by atoms with E-state index in [2.05, 4.69) is 20.4 Å². The first-order chi connectivity index (χ1) is 12.9. The van der Waals surface area contributed by atoms with E-state index in [9.17, 15) is 13.6 Å². The zero-order valence-electron chi connectivity index (χ0n) is 15.4. The maximum atomic E-state index is 13.6. The minimum Gasteiger partial charge on any atom is -0.338 e. The van der Waals surface area contributed by atoms with Crippen LogP contribution >= 0.6 is 0 Å². The highest BCUT2D eigenvalue weighted by molar-refractivity contribution is 5.92. The molecule has 27 heavy (non-hydrogen) atoms. The monoisotopic (exact) mass is 379 g/mol. The molecule has 0 saturated carbocycles. The molecule has 1 amide bonds. The summed E-state index contributed by atoms with van der Waals surface area (Å²) in [6.07, 6.45) is 0. The number of carbonyl (C=O) groups is 1. The average Bonchev–Trinajstić information content (AvgIpc) is 3.09. The molecule has 0 aliphatic carbocycles. The van der Waals surface area contributed by atoms with Crippen LogP contribution in [0.2, 0.25) is 0 Å². The van der Waals surface area contributed by atoms with Gasteiger partial charge in [0.25, 0.3) is 0 Å². The Morgan fingerprint density at radius 3 is 2.59 bits per heavy atom. The van der Waals surface area contributed by atoms with Crippen molar-refractivity contribution in [3.63, 3.8) is 0 Å². The number of piperazine rings is 1. The van der Waals surface area contributed by atoms with E-state index in [1.807, 2.05) is 18.7 Å². The van der Waals surface area contributed by atoms with Crippen molar-refractivity contribution in [3.8, 4) is 0 Å². The average molecular weight is 379 g/mol. The minimum atomic E-state index is -0.658. The van der Waals surface area contributed by atoms with E-state index in [4.69, 9.17) is 4.52 Å². The highest BCUT2D eigenvalue weighted by Crippen LogP contribution is 2.16. The lowest BCUT2D eigenvalue weighted by Crippen LogP contribution is -2.48. The molecule has 0 atom stereocenters. The number of nitrogens with zero attached hydrogens (tertiary/aromatic N) is 4. The standard InChI is InChI=1S/C18H23F2N5O2/c1-12(2)18-22-17(27-23-18)11-25-7-5-24(6-8-25)10-16(26)21-15-9-13(19)3-4-14(15)20/h3-4,9,12H,5-8,10-11H2,1-2H3,(H,21,26). The van der Waals surface area contributed by atoms with E-state index < -0.39 is 11.6 Å². The second-order valence-electron chi connectivity index (χ2n) is 6.93. The van der Waals surface area contributed by atoms with Gasteiger partial charge in [0.2, 0.25) is 11.8 Å².